The van der Waals surface area contributed by atoms with Gasteiger partial charge in [-0.25, -0.2) is 4.79 Å². The molecule has 0 radical (unpaired) electrons. The van der Waals surface area contributed by atoms with Crippen LogP contribution >= 0.6 is 0 Å². The van der Waals surface area contributed by atoms with Crippen LogP contribution in [0.3, 0.4) is 0 Å². The fourth-order valence-corrected chi connectivity index (χ4v) is 4.67. The molecule has 0 spiro atoms. The third kappa shape index (κ3) is 4.53. The molecule has 4 rings (SSSR count). The maximum absolute atomic E-state index is 13.7. The SMILES string of the molecule is CN/C=C(\C=N)c1cc(C#N)ccc1[C@@H]1C2=C(CCNC2=O)N(c2cccc(C(F)(F)F)c2)C(=O)N1C. The van der Waals surface area contributed by atoms with Crippen molar-refractivity contribution in [2.45, 2.75) is 18.6 Å². The van der Waals surface area contributed by atoms with Gasteiger partial charge in [-0.05, 0) is 41.5 Å². The summed E-state index contributed by atoms with van der Waals surface area (Å²) in [5.74, 6) is -0.452. The van der Waals surface area contributed by atoms with Gasteiger partial charge in [-0.3, -0.25) is 9.69 Å². The number of rotatable bonds is 5. The molecule has 2 aromatic carbocycles. The van der Waals surface area contributed by atoms with Crippen molar-refractivity contribution in [1.82, 2.24) is 15.5 Å². The van der Waals surface area contributed by atoms with E-state index >= 15 is 0 Å². The van der Waals surface area contributed by atoms with E-state index in [4.69, 9.17) is 5.41 Å². The minimum Gasteiger partial charge on any atom is -0.393 e. The number of benzene rings is 2. The molecule has 2 aliphatic heterocycles. The number of amides is 3. The molecule has 1 atom stereocenters. The molecule has 0 unspecified atom stereocenters. The number of hydrogen-bond acceptors (Lipinski definition) is 5. The van der Waals surface area contributed by atoms with Gasteiger partial charge in [-0.15, -0.1) is 0 Å². The van der Waals surface area contributed by atoms with E-state index in [2.05, 4.69) is 16.7 Å². The quantitative estimate of drug-likeness (QED) is 0.526. The molecule has 3 N–H and O–H groups in total. The Morgan fingerprint density at radius 2 is 2.00 bits per heavy atom. The summed E-state index contributed by atoms with van der Waals surface area (Å²) in [6.07, 6.45) is -1.73. The summed E-state index contributed by atoms with van der Waals surface area (Å²) < 4.78 is 40.3. The van der Waals surface area contributed by atoms with Crippen molar-refractivity contribution in [2.24, 2.45) is 0 Å². The zero-order chi connectivity index (χ0) is 26.9. The lowest BCUT2D eigenvalue weighted by Crippen LogP contribution is -2.53. The Balaban J connectivity index is 1.97. The van der Waals surface area contributed by atoms with Gasteiger partial charge in [0.05, 0.1) is 34.5 Å². The first kappa shape index (κ1) is 25.5. The van der Waals surface area contributed by atoms with Gasteiger partial charge in [0.15, 0.2) is 0 Å². The molecule has 11 heteroatoms. The fourth-order valence-electron chi connectivity index (χ4n) is 4.67. The van der Waals surface area contributed by atoms with Gasteiger partial charge in [-0.2, -0.15) is 18.4 Å². The van der Waals surface area contributed by atoms with Crippen molar-refractivity contribution >= 4 is 29.4 Å². The maximum Gasteiger partial charge on any atom is 0.416 e. The number of alkyl halides is 3. The Labute approximate surface area is 211 Å². The Morgan fingerprint density at radius 1 is 1.24 bits per heavy atom. The van der Waals surface area contributed by atoms with Crippen molar-refractivity contribution in [2.75, 3.05) is 25.5 Å². The van der Waals surface area contributed by atoms with Crippen LogP contribution in [0.15, 0.2) is 59.9 Å². The monoisotopic (exact) mass is 508 g/mol. The average molecular weight is 509 g/mol. The van der Waals surface area contributed by atoms with E-state index in [9.17, 15) is 28.0 Å². The lowest BCUT2D eigenvalue weighted by molar-refractivity contribution is -0.137. The molecule has 2 aromatic rings. The summed E-state index contributed by atoms with van der Waals surface area (Å²) in [5.41, 5.74) is 1.30. The van der Waals surface area contributed by atoms with Gasteiger partial charge in [-0.1, -0.05) is 12.1 Å². The Morgan fingerprint density at radius 3 is 2.65 bits per heavy atom. The molecule has 0 saturated heterocycles. The van der Waals surface area contributed by atoms with Gasteiger partial charge in [0.1, 0.15) is 0 Å². The Kier molecular flexibility index (Phi) is 6.76. The number of carbonyl (C=O) groups excluding carboxylic acids is 2. The van der Waals surface area contributed by atoms with E-state index in [1.54, 1.807) is 31.4 Å². The molecule has 3 amide bonds. The highest BCUT2D eigenvalue weighted by molar-refractivity contribution is 6.10. The van der Waals surface area contributed by atoms with Crippen LogP contribution < -0.4 is 15.5 Å². The minimum absolute atomic E-state index is 0.00244. The third-order valence-electron chi connectivity index (χ3n) is 6.30. The van der Waals surface area contributed by atoms with E-state index in [0.717, 1.165) is 23.2 Å². The fraction of sp³-hybridized carbons (Fsp3) is 0.231. The topological polar surface area (TPSA) is 112 Å². The molecular formula is C26H23F3N6O2. The zero-order valence-electron chi connectivity index (χ0n) is 20.0. The van der Waals surface area contributed by atoms with Crippen LogP contribution in [0.4, 0.5) is 23.7 Å². The number of nitrogens with zero attached hydrogens (tertiary/aromatic N) is 3. The number of allylic oxidation sites excluding steroid dienone is 1. The second-order valence-electron chi connectivity index (χ2n) is 8.49. The smallest absolute Gasteiger partial charge is 0.393 e. The molecule has 37 heavy (non-hydrogen) atoms. The van der Waals surface area contributed by atoms with E-state index in [-0.39, 0.29) is 24.2 Å². The van der Waals surface area contributed by atoms with Crippen LogP contribution in [0.2, 0.25) is 0 Å². The van der Waals surface area contributed by atoms with Crippen molar-refractivity contribution in [3.8, 4) is 6.07 Å². The highest BCUT2D eigenvalue weighted by Gasteiger charge is 2.44. The summed E-state index contributed by atoms with van der Waals surface area (Å²) in [7, 11) is 3.11. The van der Waals surface area contributed by atoms with E-state index in [1.807, 2.05) is 0 Å². The first-order valence-corrected chi connectivity index (χ1v) is 11.3. The Bertz CT molecular complexity index is 1390. The number of halogens is 3. The molecule has 0 aromatic heterocycles. The lowest BCUT2D eigenvalue weighted by Gasteiger charge is -2.44. The number of hydrogen-bond donors (Lipinski definition) is 3. The first-order chi connectivity index (χ1) is 17.6. The van der Waals surface area contributed by atoms with E-state index in [1.165, 1.54) is 24.1 Å². The molecule has 2 heterocycles. The van der Waals surface area contributed by atoms with Crippen molar-refractivity contribution in [1.29, 1.82) is 10.7 Å². The highest BCUT2D eigenvalue weighted by Crippen LogP contribution is 2.43. The van der Waals surface area contributed by atoms with Crippen LogP contribution in [0.5, 0.6) is 0 Å². The summed E-state index contributed by atoms with van der Waals surface area (Å²) in [6.45, 7) is 0.211. The summed E-state index contributed by atoms with van der Waals surface area (Å²) in [5, 5.41) is 22.9. The summed E-state index contributed by atoms with van der Waals surface area (Å²) in [6, 6.07) is 9.71. The molecule has 2 aliphatic rings. The van der Waals surface area contributed by atoms with Crippen molar-refractivity contribution < 1.29 is 22.8 Å². The number of nitrogens with one attached hydrogen (secondary N) is 3. The molecule has 0 saturated carbocycles. The van der Waals surface area contributed by atoms with Gasteiger partial charge < -0.3 is 20.9 Å². The second-order valence-corrected chi connectivity index (χ2v) is 8.49. The molecular weight excluding hydrogens is 485 g/mol. The van der Waals surface area contributed by atoms with E-state index in [0.29, 0.717) is 28.0 Å². The normalized spacial score (nSPS) is 18.3. The van der Waals surface area contributed by atoms with E-state index < -0.39 is 29.7 Å². The van der Waals surface area contributed by atoms with Crippen molar-refractivity contribution in [3.63, 3.8) is 0 Å². The highest BCUT2D eigenvalue weighted by atomic mass is 19.4. The molecule has 190 valence electrons. The number of likely N-dealkylation sites (N-methyl/N-ethyl adjacent to an activating group) is 1. The van der Waals surface area contributed by atoms with Crippen LogP contribution in [-0.2, 0) is 11.0 Å². The second kappa shape index (κ2) is 9.81. The molecule has 8 nitrogen and oxygen atoms in total. The predicted octanol–water partition coefficient (Wildman–Crippen LogP) is 4.17. The summed E-state index contributed by atoms with van der Waals surface area (Å²) in [4.78, 5) is 29.4. The number of anilines is 1. The van der Waals surface area contributed by atoms with Crippen molar-refractivity contribution in [3.05, 3.63) is 82.2 Å². The van der Waals surface area contributed by atoms with Crippen LogP contribution in [-0.4, -0.2) is 43.7 Å². The number of nitriles is 1. The predicted molar refractivity (Wildman–Crippen MR) is 131 cm³/mol. The van der Waals surface area contributed by atoms with Gasteiger partial charge >= 0.3 is 12.2 Å². The van der Waals surface area contributed by atoms with Gasteiger partial charge in [0, 0.05) is 50.7 Å². The van der Waals surface area contributed by atoms with Gasteiger partial charge in [0.2, 0.25) is 0 Å². The standard InChI is InChI=1S/C26H23F3N6O2/c1-32-14-16(13-31)20-10-15(12-30)6-7-19(20)23-22-21(8-9-33-24(22)36)35(25(37)34(23)2)18-5-3-4-17(11-18)26(27,28)29/h3-7,10-11,13-14,23,31-32H,8-9H2,1-2H3,(H,33,36)/b16-14+,31-13?/t23-/m1/s1. The molecule has 0 fully saturated rings. The maximum atomic E-state index is 13.7. The van der Waals surface area contributed by atoms with Crippen LogP contribution in [0.1, 0.15) is 34.7 Å². The Hall–Kier alpha value is -4.59. The first-order valence-electron chi connectivity index (χ1n) is 11.3. The number of urea groups is 1. The third-order valence-corrected chi connectivity index (χ3v) is 6.30. The molecule has 0 aliphatic carbocycles. The molecule has 0 bridgehead atoms. The van der Waals surface area contributed by atoms with Gasteiger partial charge in [0.25, 0.3) is 5.91 Å². The zero-order valence-corrected chi connectivity index (χ0v) is 20.0. The lowest BCUT2D eigenvalue weighted by atomic mass is 9.85. The van der Waals surface area contributed by atoms with Crippen LogP contribution in [0, 0.1) is 16.7 Å². The average Bonchev–Trinajstić information content (AvgIpc) is 2.88. The minimum atomic E-state index is -4.61. The largest absolute Gasteiger partial charge is 0.416 e. The number of carbonyl (C=O) groups is 2. The van der Waals surface area contributed by atoms with Crippen LogP contribution in [0.25, 0.3) is 5.57 Å². The summed E-state index contributed by atoms with van der Waals surface area (Å²) >= 11 is 0.